The van der Waals surface area contributed by atoms with E-state index in [0.29, 0.717) is 5.56 Å². The monoisotopic (exact) mass is 390 g/mol. The Hall–Kier alpha value is -3.75. The summed E-state index contributed by atoms with van der Waals surface area (Å²) in [5.74, 6) is -1.85. The summed E-state index contributed by atoms with van der Waals surface area (Å²) in [6.07, 6.45) is 0. The molecule has 1 heterocycles. The maximum atomic E-state index is 13.0. The molecule has 28 heavy (non-hydrogen) atoms. The van der Waals surface area contributed by atoms with Crippen molar-refractivity contribution in [3.05, 3.63) is 28.4 Å². The first-order chi connectivity index (χ1) is 13.4. The first kappa shape index (κ1) is 19.0. The molecule has 3 aromatic rings. The van der Waals surface area contributed by atoms with E-state index in [0.717, 1.165) is 0 Å². The zero-order valence-corrected chi connectivity index (χ0v) is 15.5. The SMILES string of the molecule is COc1cc(-c2oc3c(OC)c(O)c(OC)c(O)c3c(=O)c2OC)ccc1O. The number of phenolic OH excluding ortho intramolecular Hbond substituents is 3. The molecule has 0 spiro atoms. The number of ether oxygens (including phenoxy) is 4. The standard InChI is InChI=1S/C19H18O9/c1-24-10-7-8(5-6-9(10)20)15-18(26-3)13(22)11-12(21)17(25-2)14(23)19(27-4)16(11)28-15/h5-7,20-21,23H,1-4H3. The van der Waals surface area contributed by atoms with Crippen LogP contribution in [0.25, 0.3) is 22.3 Å². The third kappa shape index (κ3) is 2.68. The van der Waals surface area contributed by atoms with Crippen LogP contribution in [0.5, 0.6) is 40.2 Å². The van der Waals surface area contributed by atoms with Gasteiger partial charge in [-0.3, -0.25) is 4.79 Å². The molecular weight excluding hydrogens is 372 g/mol. The van der Waals surface area contributed by atoms with Crippen molar-refractivity contribution in [3.8, 4) is 51.6 Å². The van der Waals surface area contributed by atoms with Crippen molar-refractivity contribution in [2.75, 3.05) is 28.4 Å². The lowest BCUT2D eigenvalue weighted by molar-refractivity contribution is 0.322. The van der Waals surface area contributed by atoms with Gasteiger partial charge < -0.3 is 38.7 Å². The summed E-state index contributed by atoms with van der Waals surface area (Å²) in [6, 6.07) is 4.29. The van der Waals surface area contributed by atoms with Crippen LogP contribution in [0.3, 0.4) is 0 Å². The Morgan fingerprint density at radius 1 is 0.821 bits per heavy atom. The quantitative estimate of drug-likeness (QED) is 0.602. The maximum Gasteiger partial charge on any atom is 0.239 e. The summed E-state index contributed by atoms with van der Waals surface area (Å²) in [5, 5.41) is 30.2. The molecule has 0 aliphatic rings. The molecule has 0 radical (unpaired) electrons. The molecule has 9 heteroatoms. The van der Waals surface area contributed by atoms with Crippen molar-refractivity contribution in [2.45, 2.75) is 0 Å². The fourth-order valence-electron chi connectivity index (χ4n) is 2.91. The summed E-state index contributed by atoms with van der Waals surface area (Å²) in [5.41, 5.74) is -0.562. The summed E-state index contributed by atoms with van der Waals surface area (Å²) in [7, 11) is 5.12. The van der Waals surface area contributed by atoms with Crippen LogP contribution in [-0.4, -0.2) is 43.8 Å². The number of hydrogen-bond acceptors (Lipinski definition) is 9. The molecule has 0 amide bonds. The Labute approximate surface area is 158 Å². The smallest absolute Gasteiger partial charge is 0.239 e. The molecule has 3 N–H and O–H groups in total. The predicted octanol–water partition coefficient (Wildman–Crippen LogP) is 2.61. The van der Waals surface area contributed by atoms with E-state index in [-0.39, 0.29) is 45.5 Å². The van der Waals surface area contributed by atoms with Crippen LogP contribution < -0.4 is 24.4 Å². The molecule has 9 nitrogen and oxygen atoms in total. The lowest BCUT2D eigenvalue weighted by atomic mass is 10.1. The lowest BCUT2D eigenvalue weighted by Gasteiger charge is -2.15. The molecule has 0 atom stereocenters. The number of hydrogen-bond donors (Lipinski definition) is 3. The number of rotatable bonds is 5. The topological polar surface area (TPSA) is 128 Å². The molecule has 1 aromatic heterocycles. The van der Waals surface area contributed by atoms with Gasteiger partial charge in [0, 0.05) is 5.56 Å². The Balaban J connectivity index is 2.48. The van der Waals surface area contributed by atoms with Crippen LogP contribution in [0, 0.1) is 0 Å². The van der Waals surface area contributed by atoms with Crippen LogP contribution >= 0.6 is 0 Å². The molecule has 3 rings (SSSR count). The molecule has 0 aliphatic heterocycles. The van der Waals surface area contributed by atoms with Gasteiger partial charge in [-0.1, -0.05) is 0 Å². The van der Waals surface area contributed by atoms with Crippen molar-refractivity contribution in [1.29, 1.82) is 0 Å². The minimum Gasteiger partial charge on any atom is -0.504 e. The first-order valence-corrected chi connectivity index (χ1v) is 7.97. The van der Waals surface area contributed by atoms with Gasteiger partial charge in [0.2, 0.25) is 28.4 Å². The number of phenols is 3. The molecular formula is C19H18O9. The number of aromatic hydroxyl groups is 3. The summed E-state index contributed by atoms with van der Waals surface area (Å²) >= 11 is 0. The Morgan fingerprint density at radius 2 is 1.46 bits per heavy atom. The van der Waals surface area contributed by atoms with E-state index in [4.69, 9.17) is 23.4 Å². The fraction of sp³-hybridized carbons (Fsp3) is 0.211. The van der Waals surface area contributed by atoms with Gasteiger partial charge >= 0.3 is 0 Å². The van der Waals surface area contributed by atoms with Gasteiger partial charge in [0.15, 0.2) is 28.6 Å². The fourth-order valence-corrected chi connectivity index (χ4v) is 2.91. The van der Waals surface area contributed by atoms with Gasteiger partial charge in [-0.05, 0) is 18.2 Å². The van der Waals surface area contributed by atoms with Gasteiger partial charge in [0.05, 0.1) is 28.4 Å². The highest BCUT2D eigenvalue weighted by atomic mass is 16.5. The summed E-state index contributed by atoms with van der Waals surface area (Å²) in [4.78, 5) is 13.0. The van der Waals surface area contributed by atoms with Crippen LogP contribution in [0.15, 0.2) is 27.4 Å². The number of fused-ring (bicyclic) bond motifs is 1. The van der Waals surface area contributed by atoms with Gasteiger partial charge in [0.1, 0.15) is 5.39 Å². The van der Waals surface area contributed by atoms with E-state index in [1.54, 1.807) is 0 Å². The molecule has 0 bridgehead atoms. The van der Waals surface area contributed by atoms with Gasteiger partial charge in [-0.25, -0.2) is 0 Å². The predicted molar refractivity (Wildman–Crippen MR) is 99.1 cm³/mol. The first-order valence-electron chi connectivity index (χ1n) is 7.97. The molecule has 0 unspecified atom stereocenters. The van der Waals surface area contributed by atoms with E-state index in [1.807, 2.05) is 0 Å². The molecule has 148 valence electrons. The third-order valence-corrected chi connectivity index (χ3v) is 4.21. The average molecular weight is 390 g/mol. The van der Waals surface area contributed by atoms with Gasteiger partial charge in [-0.2, -0.15) is 0 Å². The molecule has 0 saturated carbocycles. The highest BCUT2D eigenvalue weighted by Crippen LogP contribution is 2.50. The van der Waals surface area contributed by atoms with Crippen LogP contribution in [0.4, 0.5) is 0 Å². The zero-order valence-electron chi connectivity index (χ0n) is 15.5. The van der Waals surface area contributed by atoms with E-state index in [1.165, 1.54) is 46.6 Å². The maximum absolute atomic E-state index is 13.0. The number of methoxy groups -OCH3 is 4. The second kappa shape index (κ2) is 7.10. The van der Waals surface area contributed by atoms with E-state index in [9.17, 15) is 20.1 Å². The van der Waals surface area contributed by atoms with Crippen molar-refractivity contribution in [1.82, 2.24) is 0 Å². The second-order valence-corrected chi connectivity index (χ2v) is 5.65. The van der Waals surface area contributed by atoms with Crippen LogP contribution in [0.2, 0.25) is 0 Å². The van der Waals surface area contributed by atoms with Crippen LogP contribution in [-0.2, 0) is 0 Å². The minimum absolute atomic E-state index is 0.0134. The Kier molecular flexibility index (Phi) is 4.83. The van der Waals surface area contributed by atoms with E-state index >= 15 is 0 Å². The molecule has 0 saturated heterocycles. The van der Waals surface area contributed by atoms with Crippen LogP contribution in [0.1, 0.15) is 0 Å². The normalized spacial score (nSPS) is 10.7. The minimum atomic E-state index is -0.708. The second-order valence-electron chi connectivity index (χ2n) is 5.65. The summed E-state index contributed by atoms with van der Waals surface area (Å²) in [6.45, 7) is 0. The van der Waals surface area contributed by atoms with E-state index in [2.05, 4.69) is 0 Å². The number of benzene rings is 2. The van der Waals surface area contributed by atoms with Crippen molar-refractivity contribution in [2.24, 2.45) is 0 Å². The third-order valence-electron chi connectivity index (χ3n) is 4.21. The average Bonchev–Trinajstić information content (AvgIpc) is 2.68. The van der Waals surface area contributed by atoms with Crippen molar-refractivity contribution < 1.29 is 38.7 Å². The van der Waals surface area contributed by atoms with Crippen molar-refractivity contribution in [3.63, 3.8) is 0 Å². The highest BCUT2D eigenvalue weighted by molar-refractivity contribution is 5.96. The molecule has 0 fully saturated rings. The van der Waals surface area contributed by atoms with E-state index < -0.39 is 16.9 Å². The molecule has 0 aliphatic carbocycles. The highest BCUT2D eigenvalue weighted by Gasteiger charge is 2.28. The Morgan fingerprint density at radius 3 is 2.04 bits per heavy atom. The van der Waals surface area contributed by atoms with Gasteiger partial charge in [0.25, 0.3) is 0 Å². The Bertz CT molecular complexity index is 1120. The lowest BCUT2D eigenvalue weighted by Crippen LogP contribution is -2.09. The van der Waals surface area contributed by atoms with Crippen molar-refractivity contribution >= 4 is 11.0 Å². The zero-order chi connectivity index (χ0) is 20.6. The van der Waals surface area contributed by atoms with Gasteiger partial charge in [-0.15, -0.1) is 0 Å². The largest absolute Gasteiger partial charge is 0.504 e. The summed E-state index contributed by atoms with van der Waals surface area (Å²) < 4.78 is 26.2. The molecule has 2 aromatic carbocycles.